The van der Waals surface area contributed by atoms with Gasteiger partial charge in [-0.05, 0) is 45.4 Å². The molecular weight excluding hydrogens is 338 g/mol. The van der Waals surface area contributed by atoms with Crippen LogP contribution in [0, 0.1) is 0 Å². The van der Waals surface area contributed by atoms with Crippen molar-refractivity contribution in [2.24, 2.45) is 0 Å². The lowest BCUT2D eigenvalue weighted by Crippen LogP contribution is -2.25. The molecule has 8 heteroatoms. The first-order valence-corrected chi connectivity index (χ1v) is 7.31. The first-order chi connectivity index (χ1) is 10.2. The summed E-state index contributed by atoms with van der Waals surface area (Å²) in [5.74, 6) is 1.47. The molecule has 2 aromatic rings. The van der Waals surface area contributed by atoms with Crippen molar-refractivity contribution in [2.45, 2.75) is 13.0 Å². The summed E-state index contributed by atoms with van der Waals surface area (Å²) in [7, 11) is 3.30. The standard InChI is InChI=1S/C13H18BrN5O2/c1-9(15-6-7-20-2)13-16-17-18-19(13)12-8-10(21-3)4-5-11(12)14/h4-5,8-9,15H,6-7H2,1-3H3. The highest BCUT2D eigenvalue weighted by atomic mass is 79.9. The summed E-state index contributed by atoms with van der Waals surface area (Å²) >= 11 is 3.52. The molecule has 0 saturated carbocycles. The fourth-order valence-corrected chi connectivity index (χ4v) is 2.30. The number of tetrazole rings is 1. The Kier molecular flexibility index (Phi) is 5.66. The van der Waals surface area contributed by atoms with Gasteiger partial charge in [0.2, 0.25) is 0 Å². The Balaban J connectivity index is 2.27. The fraction of sp³-hybridized carbons (Fsp3) is 0.462. The van der Waals surface area contributed by atoms with Crippen molar-refractivity contribution < 1.29 is 9.47 Å². The van der Waals surface area contributed by atoms with Crippen molar-refractivity contribution in [1.82, 2.24) is 25.5 Å². The fourth-order valence-electron chi connectivity index (χ4n) is 1.89. The van der Waals surface area contributed by atoms with Crippen molar-refractivity contribution in [3.05, 3.63) is 28.5 Å². The summed E-state index contributed by atoms with van der Waals surface area (Å²) in [5.41, 5.74) is 0.828. The first kappa shape index (κ1) is 15.9. The molecule has 0 bridgehead atoms. The molecule has 2 rings (SSSR count). The third-order valence-electron chi connectivity index (χ3n) is 3.02. The zero-order valence-corrected chi connectivity index (χ0v) is 13.8. The summed E-state index contributed by atoms with van der Waals surface area (Å²) in [4.78, 5) is 0. The Bertz CT molecular complexity index is 590. The highest BCUT2D eigenvalue weighted by molar-refractivity contribution is 9.10. The number of rotatable bonds is 7. The molecule has 0 radical (unpaired) electrons. The minimum absolute atomic E-state index is 0.00625. The number of halogens is 1. The number of methoxy groups -OCH3 is 2. The second-order valence-electron chi connectivity index (χ2n) is 4.43. The quantitative estimate of drug-likeness (QED) is 0.762. The van der Waals surface area contributed by atoms with Gasteiger partial charge in [-0.3, -0.25) is 0 Å². The molecule has 0 fully saturated rings. The molecule has 1 atom stereocenters. The van der Waals surface area contributed by atoms with Crippen LogP contribution in [0.1, 0.15) is 18.8 Å². The molecule has 1 heterocycles. The number of hydrogen-bond donors (Lipinski definition) is 1. The maximum absolute atomic E-state index is 5.25. The van der Waals surface area contributed by atoms with Gasteiger partial charge in [-0.25, -0.2) is 0 Å². The van der Waals surface area contributed by atoms with E-state index >= 15 is 0 Å². The van der Waals surface area contributed by atoms with Crippen LogP contribution in [0.5, 0.6) is 5.75 Å². The van der Waals surface area contributed by atoms with Crippen LogP contribution in [0.25, 0.3) is 5.69 Å². The Hall–Kier alpha value is -1.51. The number of nitrogens with one attached hydrogen (secondary N) is 1. The van der Waals surface area contributed by atoms with Gasteiger partial charge in [0.05, 0.1) is 25.4 Å². The molecule has 0 aliphatic heterocycles. The van der Waals surface area contributed by atoms with Gasteiger partial charge in [0.15, 0.2) is 5.82 Å². The van der Waals surface area contributed by atoms with Crippen molar-refractivity contribution in [1.29, 1.82) is 0 Å². The van der Waals surface area contributed by atoms with E-state index in [4.69, 9.17) is 9.47 Å². The van der Waals surface area contributed by atoms with Gasteiger partial charge in [0.1, 0.15) is 5.75 Å². The molecule has 7 nitrogen and oxygen atoms in total. The topological polar surface area (TPSA) is 74.1 Å². The smallest absolute Gasteiger partial charge is 0.173 e. The predicted octanol–water partition coefficient (Wildman–Crippen LogP) is 1.73. The third kappa shape index (κ3) is 3.78. The lowest BCUT2D eigenvalue weighted by atomic mass is 10.2. The van der Waals surface area contributed by atoms with Crippen LogP contribution in [0.4, 0.5) is 0 Å². The molecule has 0 spiro atoms. The molecule has 114 valence electrons. The van der Waals surface area contributed by atoms with E-state index in [-0.39, 0.29) is 6.04 Å². The van der Waals surface area contributed by atoms with Crippen molar-refractivity contribution in [3.63, 3.8) is 0 Å². The van der Waals surface area contributed by atoms with E-state index in [9.17, 15) is 0 Å². The van der Waals surface area contributed by atoms with E-state index in [1.807, 2.05) is 25.1 Å². The largest absolute Gasteiger partial charge is 0.497 e. The number of aromatic nitrogens is 4. The van der Waals surface area contributed by atoms with E-state index < -0.39 is 0 Å². The van der Waals surface area contributed by atoms with Gasteiger partial charge in [0.25, 0.3) is 0 Å². The van der Waals surface area contributed by atoms with Crippen LogP contribution in [-0.4, -0.2) is 47.6 Å². The van der Waals surface area contributed by atoms with Crippen LogP contribution in [0.2, 0.25) is 0 Å². The summed E-state index contributed by atoms with van der Waals surface area (Å²) in [6, 6.07) is 5.65. The number of benzene rings is 1. The molecular formula is C13H18BrN5O2. The highest BCUT2D eigenvalue weighted by Gasteiger charge is 2.17. The second kappa shape index (κ2) is 7.48. The van der Waals surface area contributed by atoms with Gasteiger partial charge in [-0.2, -0.15) is 4.68 Å². The lowest BCUT2D eigenvalue weighted by Gasteiger charge is -2.14. The molecule has 0 aliphatic carbocycles. The number of hydrogen-bond acceptors (Lipinski definition) is 6. The lowest BCUT2D eigenvalue weighted by molar-refractivity contribution is 0.196. The second-order valence-corrected chi connectivity index (χ2v) is 5.29. The molecule has 0 aliphatic rings. The van der Waals surface area contributed by atoms with Gasteiger partial charge >= 0.3 is 0 Å². The maximum atomic E-state index is 5.25. The van der Waals surface area contributed by atoms with Crippen LogP contribution in [0.3, 0.4) is 0 Å². The highest BCUT2D eigenvalue weighted by Crippen LogP contribution is 2.26. The molecule has 0 amide bonds. The van der Waals surface area contributed by atoms with Crippen molar-refractivity contribution in [3.8, 4) is 11.4 Å². The van der Waals surface area contributed by atoms with Gasteiger partial charge in [0, 0.05) is 24.2 Å². The molecule has 21 heavy (non-hydrogen) atoms. The summed E-state index contributed by atoms with van der Waals surface area (Å²) in [5, 5.41) is 15.3. The Morgan fingerprint density at radius 2 is 2.19 bits per heavy atom. The third-order valence-corrected chi connectivity index (χ3v) is 3.69. The molecule has 1 aromatic carbocycles. The average molecular weight is 356 g/mol. The normalized spacial score (nSPS) is 12.4. The summed E-state index contributed by atoms with van der Waals surface area (Å²) < 4.78 is 12.9. The van der Waals surface area contributed by atoms with Crippen LogP contribution in [0.15, 0.2) is 22.7 Å². The first-order valence-electron chi connectivity index (χ1n) is 6.52. The number of ether oxygens (including phenoxy) is 2. The zero-order valence-electron chi connectivity index (χ0n) is 12.2. The zero-order chi connectivity index (χ0) is 15.2. The van der Waals surface area contributed by atoms with Gasteiger partial charge < -0.3 is 14.8 Å². The van der Waals surface area contributed by atoms with Gasteiger partial charge in [-0.1, -0.05) is 0 Å². The van der Waals surface area contributed by atoms with Crippen molar-refractivity contribution >= 4 is 15.9 Å². The molecule has 1 unspecified atom stereocenters. The van der Waals surface area contributed by atoms with Crippen molar-refractivity contribution in [2.75, 3.05) is 27.4 Å². The van der Waals surface area contributed by atoms with Gasteiger partial charge in [-0.15, -0.1) is 5.10 Å². The van der Waals surface area contributed by atoms with E-state index in [0.29, 0.717) is 6.61 Å². The minimum atomic E-state index is -0.00625. The minimum Gasteiger partial charge on any atom is -0.497 e. The Morgan fingerprint density at radius 3 is 2.90 bits per heavy atom. The summed E-state index contributed by atoms with van der Waals surface area (Å²) in [6.45, 7) is 3.37. The van der Waals surface area contributed by atoms with E-state index in [1.54, 1.807) is 18.9 Å². The average Bonchev–Trinajstić information content (AvgIpc) is 2.97. The SMILES string of the molecule is COCCNC(C)c1nnnn1-c1cc(OC)ccc1Br. The molecule has 0 saturated heterocycles. The Labute approximate surface area is 131 Å². The van der Waals surface area contributed by atoms with Crippen LogP contribution in [-0.2, 0) is 4.74 Å². The monoisotopic (exact) mass is 355 g/mol. The van der Waals surface area contributed by atoms with E-state index in [2.05, 4.69) is 36.8 Å². The Morgan fingerprint density at radius 1 is 1.38 bits per heavy atom. The van der Waals surface area contributed by atoms with E-state index in [0.717, 1.165) is 28.3 Å². The maximum Gasteiger partial charge on any atom is 0.173 e. The van der Waals surface area contributed by atoms with E-state index in [1.165, 1.54) is 0 Å². The predicted molar refractivity (Wildman–Crippen MR) is 81.7 cm³/mol. The van der Waals surface area contributed by atoms with Crippen LogP contribution >= 0.6 is 15.9 Å². The molecule has 1 N–H and O–H groups in total. The molecule has 1 aromatic heterocycles. The number of nitrogens with zero attached hydrogens (tertiary/aromatic N) is 4. The summed E-state index contributed by atoms with van der Waals surface area (Å²) in [6.07, 6.45) is 0. The van der Waals surface area contributed by atoms with Crippen LogP contribution < -0.4 is 10.1 Å².